The quantitative estimate of drug-likeness (QED) is 0.569. The third-order valence-corrected chi connectivity index (χ3v) is 5.88. The van der Waals surface area contributed by atoms with Gasteiger partial charge in [0.25, 0.3) is 5.91 Å². The van der Waals surface area contributed by atoms with Gasteiger partial charge < -0.3 is 9.84 Å². The Kier molecular flexibility index (Phi) is 4.01. The molecule has 1 amide bonds. The summed E-state index contributed by atoms with van der Waals surface area (Å²) in [5.41, 5.74) is 7.97. The van der Waals surface area contributed by atoms with Crippen molar-refractivity contribution >= 4 is 11.4 Å². The predicted octanol–water partition coefficient (Wildman–Crippen LogP) is 4.33. The highest BCUT2D eigenvalue weighted by Crippen LogP contribution is 2.35. The Labute approximate surface area is 168 Å². The van der Waals surface area contributed by atoms with E-state index in [9.17, 15) is 4.79 Å². The van der Waals surface area contributed by atoms with E-state index in [2.05, 4.69) is 33.8 Å². The maximum Gasteiger partial charge on any atom is 0.255 e. The Morgan fingerprint density at radius 3 is 2.86 bits per heavy atom. The number of pyridine rings is 1. The summed E-state index contributed by atoms with van der Waals surface area (Å²) in [4.78, 5) is 12.9. The molecule has 0 fully saturated rings. The lowest BCUT2D eigenvalue weighted by molar-refractivity contribution is 0.0938. The Bertz CT molecular complexity index is 1250. The van der Waals surface area contributed by atoms with Gasteiger partial charge in [-0.3, -0.25) is 4.79 Å². The van der Waals surface area contributed by atoms with Crippen LogP contribution in [-0.2, 0) is 6.42 Å². The number of amides is 1. The number of hydrogen-bond acceptors (Lipinski definition) is 4. The molecule has 1 aliphatic rings. The predicted molar refractivity (Wildman–Crippen MR) is 110 cm³/mol. The van der Waals surface area contributed by atoms with Gasteiger partial charge in [0.05, 0.1) is 23.3 Å². The molecule has 3 heterocycles. The summed E-state index contributed by atoms with van der Waals surface area (Å²) < 4.78 is 7.05. The van der Waals surface area contributed by atoms with Crippen molar-refractivity contribution in [2.45, 2.75) is 39.7 Å². The molecule has 0 radical (unpaired) electrons. The number of rotatable bonds is 3. The molecule has 1 aliphatic carbocycles. The lowest BCUT2D eigenvalue weighted by Gasteiger charge is -2.14. The first-order valence-electron chi connectivity index (χ1n) is 9.82. The molecule has 4 aromatic rings. The standard InChI is InChI=1S/C23H22N4O2/c1-13-8-9-27-21(10-13)19(12-24-27)23(28)25-20-7-5-16-11-17(4-6-18(16)20)22-14(2)15(3)29-26-22/h4,6,8-12,20H,5,7H2,1-3H3,(H,25,28)/t20-/m1/s1. The van der Waals surface area contributed by atoms with Gasteiger partial charge in [-0.05, 0) is 68.5 Å². The van der Waals surface area contributed by atoms with Crippen LogP contribution in [0.2, 0.25) is 0 Å². The van der Waals surface area contributed by atoms with Crippen LogP contribution in [0.1, 0.15) is 50.8 Å². The minimum atomic E-state index is -0.0875. The fraction of sp³-hybridized carbons (Fsp3) is 0.261. The van der Waals surface area contributed by atoms with E-state index in [1.54, 1.807) is 10.7 Å². The number of fused-ring (bicyclic) bond motifs is 2. The number of carbonyl (C=O) groups excluding carboxylic acids is 1. The van der Waals surface area contributed by atoms with Crippen molar-refractivity contribution in [3.8, 4) is 11.3 Å². The first-order valence-corrected chi connectivity index (χ1v) is 9.82. The zero-order valence-corrected chi connectivity index (χ0v) is 16.7. The molecule has 0 saturated carbocycles. The largest absolute Gasteiger partial charge is 0.361 e. The van der Waals surface area contributed by atoms with Crippen LogP contribution >= 0.6 is 0 Å². The SMILES string of the molecule is Cc1ccn2ncc(C(=O)N[C@@H]3CCc4cc(-c5noc(C)c5C)ccc43)c2c1. The maximum atomic E-state index is 12.9. The second-order valence-electron chi connectivity index (χ2n) is 7.78. The molecule has 3 aromatic heterocycles. The topological polar surface area (TPSA) is 72.4 Å². The second kappa shape index (κ2) is 6.58. The molecule has 0 spiro atoms. The molecule has 1 aromatic carbocycles. The molecule has 0 aliphatic heterocycles. The van der Waals surface area contributed by atoms with Crippen LogP contribution in [0.5, 0.6) is 0 Å². The molecule has 1 atom stereocenters. The monoisotopic (exact) mass is 386 g/mol. The summed E-state index contributed by atoms with van der Waals surface area (Å²) in [6.07, 6.45) is 5.33. The zero-order valence-electron chi connectivity index (χ0n) is 16.7. The number of carbonyl (C=O) groups is 1. The highest BCUT2D eigenvalue weighted by Gasteiger charge is 2.26. The molecule has 1 N–H and O–H groups in total. The van der Waals surface area contributed by atoms with Crippen molar-refractivity contribution in [3.05, 3.63) is 76.3 Å². The van der Waals surface area contributed by atoms with Gasteiger partial charge in [-0.1, -0.05) is 17.3 Å². The Hall–Kier alpha value is -3.41. The van der Waals surface area contributed by atoms with E-state index >= 15 is 0 Å². The molecular formula is C23H22N4O2. The highest BCUT2D eigenvalue weighted by molar-refractivity contribution is 6.00. The van der Waals surface area contributed by atoms with Crippen LogP contribution < -0.4 is 5.32 Å². The third-order valence-electron chi connectivity index (χ3n) is 5.88. The van der Waals surface area contributed by atoms with Crippen LogP contribution in [0, 0.1) is 20.8 Å². The maximum absolute atomic E-state index is 12.9. The smallest absolute Gasteiger partial charge is 0.255 e. The van der Waals surface area contributed by atoms with Gasteiger partial charge in [0, 0.05) is 17.3 Å². The molecule has 0 unspecified atom stereocenters. The molecule has 6 heteroatoms. The summed E-state index contributed by atoms with van der Waals surface area (Å²) in [5, 5.41) is 11.7. The average molecular weight is 386 g/mol. The zero-order chi connectivity index (χ0) is 20.1. The summed E-state index contributed by atoms with van der Waals surface area (Å²) in [6.45, 7) is 5.96. The normalized spacial score (nSPS) is 15.6. The van der Waals surface area contributed by atoms with E-state index in [1.165, 1.54) is 11.1 Å². The van der Waals surface area contributed by atoms with Gasteiger partial charge in [0.2, 0.25) is 0 Å². The van der Waals surface area contributed by atoms with Gasteiger partial charge in [-0.2, -0.15) is 5.10 Å². The van der Waals surface area contributed by atoms with E-state index in [0.29, 0.717) is 5.56 Å². The fourth-order valence-corrected chi connectivity index (χ4v) is 4.10. The summed E-state index contributed by atoms with van der Waals surface area (Å²) in [5.74, 6) is 0.754. The van der Waals surface area contributed by atoms with Gasteiger partial charge in [-0.15, -0.1) is 0 Å². The Balaban J connectivity index is 1.41. The molecule has 6 nitrogen and oxygen atoms in total. The molecule has 0 saturated heterocycles. The van der Waals surface area contributed by atoms with Crippen molar-refractivity contribution in [2.24, 2.45) is 0 Å². The van der Waals surface area contributed by atoms with E-state index in [4.69, 9.17) is 4.52 Å². The Morgan fingerprint density at radius 2 is 2.07 bits per heavy atom. The first-order chi connectivity index (χ1) is 14.0. The molecule has 5 rings (SSSR count). The van der Waals surface area contributed by atoms with Crippen LogP contribution in [-0.4, -0.2) is 20.7 Å². The van der Waals surface area contributed by atoms with Crippen molar-refractivity contribution in [1.82, 2.24) is 20.1 Å². The fourth-order valence-electron chi connectivity index (χ4n) is 4.10. The van der Waals surface area contributed by atoms with Crippen LogP contribution in [0.15, 0.2) is 47.2 Å². The summed E-state index contributed by atoms with van der Waals surface area (Å²) >= 11 is 0. The minimum absolute atomic E-state index is 0.00597. The van der Waals surface area contributed by atoms with Crippen molar-refractivity contribution in [1.29, 1.82) is 0 Å². The van der Waals surface area contributed by atoms with Gasteiger partial charge in [0.15, 0.2) is 0 Å². The van der Waals surface area contributed by atoms with Gasteiger partial charge >= 0.3 is 0 Å². The number of nitrogens with zero attached hydrogens (tertiary/aromatic N) is 3. The van der Waals surface area contributed by atoms with E-state index in [0.717, 1.165) is 46.5 Å². The van der Waals surface area contributed by atoms with E-state index < -0.39 is 0 Å². The van der Waals surface area contributed by atoms with Crippen LogP contribution in [0.4, 0.5) is 0 Å². The third kappa shape index (κ3) is 2.92. The van der Waals surface area contributed by atoms with Crippen LogP contribution in [0.3, 0.4) is 0 Å². The molecule has 29 heavy (non-hydrogen) atoms. The lowest BCUT2D eigenvalue weighted by atomic mass is 10.0. The highest BCUT2D eigenvalue weighted by atomic mass is 16.5. The van der Waals surface area contributed by atoms with Gasteiger partial charge in [0.1, 0.15) is 11.5 Å². The number of aryl methyl sites for hydroxylation is 3. The van der Waals surface area contributed by atoms with Gasteiger partial charge in [-0.25, -0.2) is 4.52 Å². The number of aromatic nitrogens is 3. The Morgan fingerprint density at radius 1 is 1.21 bits per heavy atom. The molecule has 146 valence electrons. The van der Waals surface area contributed by atoms with Crippen molar-refractivity contribution in [2.75, 3.05) is 0 Å². The number of benzene rings is 1. The molecular weight excluding hydrogens is 364 g/mol. The lowest BCUT2D eigenvalue weighted by Crippen LogP contribution is -2.27. The minimum Gasteiger partial charge on any atom is -0.361 e. The van der Waals surface area contributed by atoms with E-state index in [1.807, 2.05) is 39.1 Å². The first kappa shape index (κ1) is 17.7. The number of nitrogens with one attached hydrogen (secondary N) is 1. The second-order valence-corrected chi connectivity index (χ2v) is 7.78. The number of hydrogen-bond donors (Lipinski definition) is 1. The van der Waals surface area contributed by atoms with Crippen LogP contribution in [0.25, 0.3) is 16.8 Å². The average Bonchev–Trinajstić information content (AvgIpc) is 3.39. The van der Waals surface area contributed by atoms with Crippen molar-refractivity contribution < 1.29 is 9.32 Å². The van der Waals surface area contributed by atoms with Crippen molar-refractivity contribution in [3.63, 3.8) is 0 Å². The van der Waals surface area contributed by atoms with E-state index in [-0.39, 0.29) is 11.9 Å². The molecule has 0 bridgehead atoms. The summed E-state index contributed by atoms with van der Waals surface area (Å²) in [6, 6.07) is 10.3. The summed E-state index contributed by atoms with van der Waals surface area (Å²) in [7, 11) is 0.